The quantitative estimate of drug-likeness (QED) is 0.220. The summed E-state index contributed by atoms with van der Waals surface area (Å²) in [6.07, 6.45) is 0. The van der Waals surface area contributed by atoms with Crippen molar-refractivity contribution < 1.29 is 9.85 Å². The van der Waals surface area contributed by atoms with E-state index in [4.69, 9.17) is 5.73 Å². The fourth-order valence-electron chi connectivity index (χ4n) is 3.23. The van der Waals surface area contributed by atoms with Crippen LogP contribution in [0.25, 0.3) is 21.8 Å². The number of hydrogen-bond donors (Lipinski definition) is 2. The Balaban J connectivity index is 2.03. The molecule has 29 heavy (non-hydrogen) atoms. The van der Waals surface area contributed by atoms with Gasteiger partial charge in [0, 0.05) is 45.9 Å². The van der Waals surface area contributed by atoms with Crippen molar-refractivity contribution in [3.8, 4) is 0 Å². The molecule has 0 radical (unpaired) electrons. The van der Waals surface area contributed by atoms with Gasteiger partial charge in [-0.25, -0.2) is 4.98 Å². The van der Waals surface area contributed by atoms with Gasteiger partial charge in [-0.15, -0.1) is 0 Å². The summed E-state index contributed by atoms with van der Waals surface area (Å²) >= 11 is 0. The Morgan fingerprint density at radius 1 is 0.897 bits per heavy atom. The summed E-state index contributed by atoms with van der Waals surface area (Å²) in [6, 6.07) is 14.6. The van der Waals surface area contributed by atoms with E-state index in [0.717, 1.165) is 5.69 Å². The third kappa shape index (κ3) is 3.25. The van der Waals surface area contributed by atoms with E-state index in [1.54, 1.807) is 43.3 Å². The minimum Gasteiger partial charge on any atom is -0.399 e. The summed E-state index contributed by atoms with van der Waals surface area (Å²) in [7, 11) is 0. The first kappa shape index (κ1) is 18.1. The molecule has 0 aliphatic heterocycles. The van der Waals surface area contributed by atoms with Crippen molar-refractivity contribution in [3.63, 3.8) is 0 Å². The summed E-state index contributed by atoms with van der Waals surface area (Å²) in [5.41, 5.74) is 8.82. The van der Waals surface area contributed by atoms with Crippen LogP contribution in [0.2, 0.25) is 0 Å². The first-order valence-corrected chi connectivity index (χ1v) is 8.63. The SMILES string of the molecule is Cc1cc2c(Nc3ccc(N)cc3)c3ccc([N+](=O)[O-])cc3nc2cc1[N+](=O)[O-]. The predicted molar refractivity (Wildman–Crippen MR) is 111 cm³/mol. The molecular formula is C20H15N5O4. The zero-order valence-corrected chi connectivity index (χ0v) is 15.2. The highest BCUT2D eigenvalue weighted by atomic mass is 16.6. The van der Waals surface area contributed by atoms with Crippen LogP contribution in [-0.2, 0) is 0 Å². The molecule has 144 valence electrons. The highest BCUT2D eigenvalue weighted by Gasteiger charge is 2.18. The summed E-state index contributed by atoms with van der Waals surface area (Å²) in [5, 5.41) is 27.1. The number of fused-ring (bicyclic) bond motifs is 2. The topological polar surface area (TPSA) is 137 Å². The van der Waals surface area contributed by atoms with E-state index < -0.39 is 9.85 Å². The van der Waals surface area contributed by atoms with Crippen molar-refractivity contribution in [2.75, 3.05) is 11.1 Å². The molecule has 1 heterocycles. The van der Waals surface area contributed by atoms with Crippen molar-refractivity contribution in [2.45, 2.75) is 6.92 Å². The summed E-state index contributed by atoms with van der Waals surface area (Å²) in [6.45, 7) is 1.66. The van der Waals surface area contributed by atoms with Gasteiger partial charge in [0.1, 0.15) is 0 Å². The fourth-order valence-corrected chi connectivity index (χ4v) is 3.23. The molecule has 0 aliphatic carbocycles. The molecule has 0 fully saturated rings. The van der Waals surface area contributed by atoms with Crippen molar-refractivity contribution >= 4 is 50.2 Å². The number of nitrogens with one attached hydrogen (secondary N) is 1. The Morgan fingerprint density at radius 2 is 1.59 bits per heavy atom. The molecule has 0 amide bonds. The molecule has 0 spiro atoms. The molecule has 9 nitrogen and oxygen atoms in total. The Labute approximate surface area is 164 Å². The molecule has 9 heteroatoms. The Bertz CT molecular complexity index is 1300. The van der Waals surface area contributed by atoms with Gasteiger partial charge < -0.3 is 11.1 Å². The maximum absolute atomic E-state index is 11.3. The van der Waals surface area contributed by atoms with E-state index >= 15 is 0 Å². The first-order chi connectivity index (χ1) is 13.8. The Morgan fingerprint density at radius 3 is 2.24 bits per heavy atom. The molecule has 0 saturated heterocycles. The fraction of sp³-hybridized carbons (Fsp3) is 0.0500. The zero-order chi connectivity index (χ0) is 20.7. The maximum Gasteiger partial charge on any atom is 0.274 e. The number of nitro groups is 2. The van der Waals surface area contributed by atoms with E-state index in [2.05, 4.69) is 10.3 Å². The third-order valence-electron chi connectivity index (χ3n) is 4.66. The van der Waals surface area contributed by atoms with Crippen LogP contribution in [0.5, 0.6) is 0 Å². The monoisotopic (exact) mass is 389 g/mol. The van der Waals surface area contributed by atoms with Gasteiger partial charge in [0.15, 0.2) is 0 Å². The second-order valence-electron chi connectivity index (χ2n) is 6.61. The predicted octanol–water partition coefficient (Wildman–Crippen LogP) is 4.84. The maximum atomic E-state index is 11.3. The standard InChI is InChI=1S/C20H15N5O4/c1-11-8-16-18(10-19(11)25(28)29)23-17-9-14(24(26)27)6-7-15(17)20(16)22-13-4-2-12(21)3-5-13/h2-10H,21H2,1H3,(H,22,23). The number of rotatable bonds is 4. The number of pyridine rings is 1. The van der Waals surface area contributed by atoms with Crippen LogP contribution >= 0.6 is 0 Å². The van der Waals surface area contributed by atoms with Crippen LogP contribution in [-0.4, -0.2) is 14.8 Å². The molecule has 3 N–H and O–H groups in total. The number of nitrogens with zero attached hydrogens (tertiary/aromatic N) is 3. The highest BCUT2D eigenvalue weighted by Crippen LogP contribution is 2.37. The van der Waals surface area contributed by atoms with Crippen LogP contribution in [0.15, 0.2) is 54.6 Å². The molecule has 0 atom stereocenters. The van der Waals surface area contributed by atoms with E-state index in [-0.39, 0.29) is 11.4 Å². The van der Waals surface area contributed by atoms with Crippen LogP contribution in [0, 0.1) is 27.2 Å². The van der Waals surface area contributed by atoms with Gasteiger partial charge in [0.25, 0.3) is 11.4 Å². The van der Waals surface area contributed by atoms with Crippen LogP contribution in [0.4, 0.5) is 28.4 Å². The lowest BCUT2D eigenvalue weighted by molar-refractivity contribution is -0.385. The van der Waals surface area contributed by atoms with Crippen molar-refractivity contribution in [1.82, 2.24) is 4.98 Å². The lowest BCUT2D eigenvalue weighted by atomic mass is 10.0. The summed E-state index contributed by atoms with van der Waals surface area (Å²) in [4.78, 5) is 26.0. The number of nitrogen functional groups attached to an aromatic ring is 1. The highest BCUT2D eigenvalue weighted by molar-refractivity contribution is 6.09. The number of aryl methyl sites for hydroxylation is 1. The molecule has 0 saturated carbocycles. The number of hydrogen-bond acceptors (Lipinski definition) is 7. The van der Waals surface area contributed by atoms with Gasteiger partial charge in [0.2, 0.25) is 0 Å². The van der Waals surface area contributed by atoms with Gasteiger partial charge in [-0.3, -0.25) is 20.2 Å². The van der Waals surface area contributed by atoms with Crippen LogP contribution in [0.1, 0.15) is 5.56 Å². The number of aromatic nitrogens is 1. The third-order valence-corrected chi connectivity index (χ3v) is 4.66. The number of nitrogens with two attached hydrogens (primary N) is 1. The van der Waals surface area contributed by atoms with Crippen LogP contribution in [0.3, 0.4) is 0 Å². The molecule has 3 aromatic carbocycles. The Kier molecular flexibility index (Phi) is 4.19. The Hall–Kier alpha value is -4.27. The van der Waals surface area contributed by atoms with Gasteiger partial charge in [-0.2, -0.15) is 0 Å². The van der Waals surface area contributed by atoms with Gasteiger partial charge >= 0.3 is 0 Å². The minimum absolute atomic E-state index is 0.0618. The van der Waals surface area contributed by atoms with Crippen molar-refractivity contribution in [2.24, 2.45) is 0 Å². The molecule has 4 rings (SSSR count). The molecule has 0 aliphatic rings. The smallest absolute Gasteiger partial charge is 0.274 e. The average molecular weight is 389 g/mol. The van der Waals surface area contributed by atoms with Gasteiger partial charge in [-0.1, -0.05) is 0 Å². The second-order valence-corrected chi connectivity index (χ2v) is 6.61. The van der Waals surface area contributed by atoms with Crippen molar-refractivity contribution in [3.05, 3.63) is 80.4 Å². The molecule has 0 bridgehead atoms. The summed E-state index contributed by atoms with van der Waals surface area (Å²) in [5.74, 6) is 0. The number of anilines is 3. The summed E-state index contributed by atoms with van der Waals surface area (Å²) < 4.78 is 0. The average Bonchev–Trinajstić information content (AvgIpc) is 2.68. The van der Waals surface area contributed by atoms with E-state index in [0.29, 0.717) is 38.7 Å². The van der Waals surface area contributed by atoms with E-state index in [1.165, 1.54) is 18.2 Å². The lowest BCUT2D eigenvalue weighted by Crippen LogP contribution is -1.99. The van der Waals surface area contributed by atoms with Gasteiger partial charge in [-0.05, 0) is 43.3 Å². The molecule has 1 aromatic heterocycles. The van der Waals surface area contributed by atoms with Gasteiger partial charge in [0.05, 0.1) is 26.6 Å². The normalized spacial score (nSPS) is 10.9. The number of non-ortho nitro benzene ring substituents is 1. The second kappa shape index (κ2) is 6.71. The molecule has 4 aromatic rings. The number of benzene rings is 3. The molecular weight excluding hydrogens is 374 g/mol. The van der Waals surface area contributed by atoms with E-state index in [9.17, 15) is 20.2 Å². The zero-order valence-electron chi connectivity index (χ0n) is 15.2. The first-order valence-electron chi connectivity index (χ1n) is 8.63. The van der Waals surface area contributed by atoms with E-state index in [1.807, 2.05) is 0 Å². The lowest BCUT2D eigenvalue weighted by Gasteiger charge is -2.14. The molecule has 0 unspecified atom stereocenters. The number of nitro benzene ring substituents is 2. The largest absolute Gasteiger partial charge is 0.399 e. The minimum atomic E-state index is -0.504. The van der Waals surface area contributed by atoms with Crippen LogP contribution < -0.4 is 11.1 Å². The van der Waals surface area contributed by atoms with Crippen molar-refractivity contribution in [1.29, 1.82) is 0 Å².